The van der Waals surface area contributed by atoms with Gasteiger partial charge in [0.1, 0.15) is 18.8 Å². The number of rotatable bonds is 6. The van der Waals surface area contributed by atoms with Crippen molar-refractivity contribution in [2.45, 2.75) is 51.0 Å². The first-order valence-electron chi connectivity index (χ1n) is 7.96. The second kappa shape index (κ2) is 6.66. The number of nitrogens with one attached hydrogen (secondary N) is 1. The first-order valence-corrected chi connectivity index (χ1v) is 7.96. The van der Waals surface area contributed by atoms with E-state index in [1.54, 1.807) is 20.8 Å². The summed E-state index contributed by atoms with van der Waals surface area (Å²) in [6.45, 7) is 7.10. The molecule has 0 aromatic carbocycles. The van der Waals surface area contributed by atoms with Gasteiger partial charge in [-0.15, -0.1) is 0 Å². The summed E-state index contributed by atoms with van der Waals surface area (Å²) < 4.78 is 10.5. The third-order valence-corrected chi connectivity index (χ3v) is 5.16. The number of hydrogen-bond acceptors (Lipinski definition) is 5. The molecule has 2 aliphatic rings. The van der Waals surface area contributed by atoms with Gasteiger partial charge in [0, 0.05) is 19.1 Å². The summed E-state index contributed by atoms with van der Waals surface area (Å²) in [6.07, 6.45) is 1.78. The Bertz CT molecular complexity index is 450. The molecule has 1 saturated heterocycles. The zero-order valence-electron chi connectivity index (χ0n) is 13.8. The third-order valence-electron chi connectivity index (χ3n) is 5.16. The molecule has 1 fully saturated rings. The predicted octanol–water partition coefficient (Wildman–Crippen LogP) is -1.09. The van der Waals surface area contributed by atoms with Gasteiger partial charge in [-0.2, -0.15) is 0 Å². The number of aliphatic hydroxyl groups excluding tert-OH is 1. The lowest BCUT2D eigenvalue weighted by atomic mass is 9.85. The average Bonchev–Trinajstić information content (AvgIpc) is 3.06. The first kappa shape index (κ1) is 17.4. The van der Waals surface area contributed by atoms with Crippen LogP contribution in [0.1, 0.15) is 27.2 Å². The fourth-order valence-electron chi connectivity index (χ4n) is 3.52. The fraction of sp³-hybridized carbons (Fsp3) is 0.812. The van der Waals surface area contributed by atoms with Crippen LogP contribution in [-0.4, -0.2) is 66.8 Å². The molecular weight excluding hydrogens is 286 g/mol. The summed E-state index contributed by atoms with van der Waals surface area (Å²) in [4.78, 5) is 13.7. The standard InChI is InChI=1S/C16H27NO5/c1-10(2)16(20,11(3)21-4)15(19)22-9-12-5-7-17-8-6-13(18)14(12)17/h5,10-11,13-14,18,20H,6-9H2,1-4H3/p+1/t11-,13+,14-,16+/m1/s1. The minimum atomic E-state index is -1.67. The van der Waals surface area contributed by atoms with Gasteiger partial charge in [-0.3, -0.25) is 0 Å². The highest BCUT2D eigenvalue weighted by atomic mass is 16.6. The maximum absolute atomic E-state index is 12.4. The van der Waals surface area contributed by atoms with Crippen molar-refractivity contribution in [2.75, 3.05) is 26.8 Å². The molecule has 2 rings (SSSR count). The Morgan fingerprint density at radius 2 is 2.18 bits per heavy atom. The van der Waals surface area contributed by atoms with Crippen molar-refractivity contribution in [3.05, 3.63) is 11.6 Å². The number of hydrogen-bond donors (Lipinski definition) is 3. The Hall–Kier alpha value is -0.950. The number of esters is 1. The van der Waals surface area contributed by atoms with Crippen LogP contribution in [0.4, 0.5) is 0 Å². The molecule has 0 amide bonds. The first-order chi connectivity index (χ1) is 10.3. The van der Waals surface area contributed by atoms with E-state index < -0.39 is 17.7 Å². The molecule has 0 saturated carbocycles. The molecule has 0 aromatic rings. The predicted molar refractivity (Wildman–Crippen MR) is 80.4 cm³/mol. The van der Waals surface area contributed by atoms with Gasteiger partial charge in [-0.05, 0) is 18.9 Å². The maximum Gasteiger partial charge on any atom is 0.341 e. The quantitative estimate of drug-likeness (QED) is 0.429. The average molecular weight is 314 g/mol. The summed E-state index contributed by atoms with van der Waals surface area (Å²) in [6, 6.07) is 0.0276. The molecule has 0 aliphatic carbocycles. The summed E-state index contributed by atoms with van der Waals surface area (Å²) in [7, 11) is 1.46. The van der Waals surface area contributed by atoms with E-state index in [0.29, 0.717) is 0 Å². The van der Waals surface area contributed by atoms with Gasteiger partial charge < -0.3 is 24.6 Å². The Morgan fingerprint density at radius 1 is 1.50 bits per heavy atom. The minimum Gasteiger partial charge on any atom is -0.459 e. The monoisotopic (exact) mass is 314 g/mol. The van der Waals surface area contributed by atoms with E-state index in [1.807, 2.05) is 6.08 Å². The Morgan fingerprint density at radius 3 is 2.77 bits per heavy atom. The van der Waals surface area contributed by atoms with Crippen molar-refractivity contribution in [2.24, 2.45) is 5.92 Å². The highest BCUT2D eigenvalue weighted by Gasteiger charge is 2.48. The SMILES string of the molecule is CO[C@H](C)[C@](O)(C(=O)OCC1=CC[NH+]2CC[C@H](O)[C@@H]12)C(C)C. The van der Waals surface area contributed by atoms with E-state index in [4.69, 9.17) is 9.47 Å². The molecule has 3 N–H and O–H groups in total. The number of ether oxygens (including phenoxy) is 2. The second-order valence-corrected chi connectivity index (χ2v) is 6.66. The highest BCUT2D eigenvalue weighted by Crippen LogP contribution is 2.26. The van der Waals surface area contributed by atoms with E-state index in [9.17, 15) is 15.0 Å². The van der Waals surface area contributed by atoms with Crippen LogP contribution in [0.3, 0.4) is 0 Å². The fourth-order valence-corrected chi connectivity index (χ4v) is 3.52. The van der Waals surface area contributed by atoms with Gasteiger partial charge in [-0.1, -0.05) is 13.8 Å². The van der Waals surface area contributed by atoms with Gasteiger partial charge in [0.15, 0.2) is 5.60 Å². The van der Waals surface area contributed by atoms with Crippen molar-refractivity contribution in [3.8, 4) is 0 Å². The Kier molecular flexibility index (Phi) is 5.27. The second-order valence-electron chi connectivity index (χ2n) is 6.66. The molecule has 126 valence electrons. The molecule has 2 aliphatic heterocycles. The van der Waals surface area contributed by atoms with Crippen molar-refractivity contribution in [1.82, 2.24) is 0 Å². The molecule has 0 spiro atoms. The van der Waals surface area contributed by atoms with Crippen LogP contribution in [0.25, 0.3) is 0 Å². The molecule has 6 heteroatoms. The largest absolute Gasteiger partial charge is 0.459 e. The van der Waals surface area contributed by atoms with Gasteiger partial charge >= 0.3 is 5.97 Å². The summed E-state index contributed by atoms with van der Waals surface area (Å²) >= 11 is 0. The van der Waals surface area contributed by atoms with E-state index in [-0.39, 0.29) is 24.7 Å². The minimum absolute atomic E-state index is 0.0276. The lowest BCUT2D eigenvalue weighted by Gasteiger charge is -2.34. The van der Waals surface area contributed by atoms with Gasteiger partial charge in [0.05, 0.1) is 19.2 Å². The molecule has 0 bridgehead atoms. The molecule has 6 nitrogen and oxygen atoms in total. The highest BCUT2D eigenvalue weighted by molar-refractivity contribution is 5.80. The molecular formula is C16H28NO5+. The zero-order valence-corrected chi connectivity index (χ0v) is 13.8. The molecule has 0 aromatic heterocycles. The number of methoxy groups -OCH3 is 1. The normalized spacial score (nSPS) is 31.6. The smallest absolute Gasteiger partial charge is 0.341 e. The molecule has 22 heavy (non-hydrogen) atoms. The maximum atomic E-state index is 12.4. The van der Waals surface area contributed by atoms with Gasteiger partial charge in [0.2, 0.25) is 0 Å². The van der Waals surface area contributed by atoms with Crippen molar-refractivity contribution in [1.29, 1.82) is 0 Å². The number of aliphatic hydroxyl groups is 2. The summed E-state index contributed by atoms with van der Waals surface area (Å²) in [5.74, 6) is -0.995. The number of carbonyl (C=O) groups is 1. The van der Waals surface area contributed by atoms with Crippen molar-refractivity contribution < 1.29 is 29.4 Å². The number of fused-ring (bicyclic) bond motifs is 1. The number of carbonyl (C=O) groups excluding carboxylic acids is 1. The van der Waals surface area contributed by atoms with E-state index in [1.165, 1.54) is 12.0 Å². The lowest BCUT2D eigenvalue weighted by Crippen LogP contribution is -3.12. The van der Waals surface area contributed by atoms with Gasteiger partial charge in [0.25, 0.3) is 0 Å². The van der Waals surface area contributed by atoms with Crippen molar-refractivity contribution in [3.63, 3.8) is 0 Å². The van der Waals surface area contributed by atoms with E-state index in [2.05, 4.69) is 0 Å². The lowest BCUT2D eigenvalue weighted by molar-refractivity contribution is -0.897. The summed E-state index contributed by atoms with van der Waals surface area (Å²) in [5, 5.41) is 20.7. The Balaban J connectivity index is 2.00. The van der Waals surface area contributed by atoms with Crippen molar-refractivity contribution >= 4 is 5.97 Å². The van der Waals surface area contributed by atoms with Crippen LogP contribution in [0.5, 0.6) is 0 Å². The van der Waals surface area contributed by atoms with Crippen LogP contribution < -0.4 is 4.90 Å². The molecule has 0 radical (unpaired) electrons. The van der Waals surface area contributed by atoms with Crippen LogP contribution in [0, 0.1) is 5.92 Å². The zero-order chi connectivity index (χ0) is 16.5. The summed E-state index contributed by atoms with van der Waals surface area (Å²) in [5.41, 5.74) is -0.723. The Labute approximate surface area is 131 Å². The van der Waals surface area contributed by atoms with Crippen LogP contribution >= 0.6 is 0 Å². The van der Waals surface area contributed by atoms with Crippen LogP contribution in [0.15, 0.2) is 11.6 Å². The van der Waals surface area contributed by atoms with E-state index in [0.717, 1.165) is 25.1 Å². The third kappa shape index (κ3) is 2.93. The van der Waals surface area contributed by atoms with E-state index >= 15 is 0 Å². The molecule has 5 atom stereocenters. The van der Waals surface area contributed by atoms with Crippen LogP contribution in [-0.2, 0) is 14.3 Å². The van der Waals surface area contributed by atoms with Gasteiger partial charge in [-0.25, -0.2) is 4.79 Å². The molecule has 1 unspecified atom stereocenters. The topological polar surface area (TPSA) is 80.4 Å². The number of quaternary nitrogens is 1. The van der Waals surface area contributed by atoms with Crippen LogP contribution in [0.2, 0.25) is 0 Å². The molecule has 2 heterocycles.